The van der Waals surface area contributed by atoms with Gasteiger partial charge in [0.25, 0.3) is 0 Å². The highest BCUT2D eigenvalue weighted by Gasteiger charge is 2.05. The van der Waals surface area contributed by atoms with Crippen LogP contribution < -0.4 is 5.43 Å². The Balaban J connectivity index is 2.45. The Kier molecular flexibility index (Phi) is 2.14. The molecule has 0 amide bonds. The number of hydrogen-bond donors (Lipinski definition) is 1. The number of fused-ring (bicyclic) bond motifs is 1. The minimum atomic E-state index is 0.840. The summed E-state index contributed by atoms with van der Waals surface area (Å²) in [5.74, 6) is 0. The second kappa shape index (κ2) is 3.28. The zero-order valence-corrected chi connectivity index (χ0v) is 8.08. The van der Waals surface area contributed by atoms with E-state index in [1.165, 1.54) is 0 Å². The fourth-order valence-electron chi connectivity index (χ4n) is 0.866. The SMILES string of the molecule is CSC1=Nc2sccc2C=NN1. The van der Waals surface area contributed by atoms with Crippen molar-refractivity contribution < 1.29 is 0 Å². The number of thioether (sulfide) groups is 1. The fraction of sp³-hybridized carbons (Fsp3) is 0.143. The van der Waals surface area contributed by atoms with Gasteiger partial charge in [0.05, 0.1) is 6.21 Å². The van der Waals surface area contributed by atoms with Crippen LogP contribution in [0.3, 0.4) is 0 Å². The molecular formula is C7H7N3S2. The predicted octanol–water partition coefficient (Wildman–Crippen LogP) is 2.04. The highest BCUT2D eigenvalue weighted by atomic mass is 32.2. The van der Waals surface area contributed by atoms with Crippen molar-refractivity contribution in [2.75, 3.05) is 6.26 Å². The van der Waals surface area contributed by atoms with Crippen LogP contribution in [0.2, 0.25) is 0 Å². The lowest BCUT2D eigenvalue weighted by Gasteiger charge is -1.96. The molecule has 0 bridgehead atoms. The van der Waals surface area contributed by atoms with Crippen LogP contribution in [0.4, 0.5) is 5.00 Å². The van der Waals surface area contributed by atoms with Crippen LogP contribution in [0.5, 0.6) is 0 Å². The molecule has 0 saturated heterocycles. The number of hydrogen-bond acceptors (Lipinski definition) is 5. The Bertz CT molecular complexity index is 340. The molecule has 0 unspecified atom stereocenters. The maximum atomic E-state index is 4.38. The van der Waals surface area contributed by atoms with Crippen molar-refractivity contribution >= 4 is 39.5 Å². The molecule has 0 radical (unpaired) electrons. The van der Waals surface area contributed by atoms with Gasteiger partial charge in [0.1, 0.15) is 5.00 Å². The van der Waals surface area contributed by atoms with Crippen LogP contribution in [0.15, 0.2) is 21.5 Å². The predicted molar refractivity (Wildman–Crippen MR) is 55.7 cm³/mol. The molecule has 0 aliphatic carbocycles. The summed E-state index contributed by atoms with van der Waals surface area (Å²) in [6.45, 7) is 0. The van der Waals surface area contributed by atoms with Crippen molar-refractivity contribution in [1.29, 1.82) is 0 Å². The van der Waals surface area contributed by atoms with Crippen LogP contribution >= 0.6 is 23.1 Å². The molecule has 5 heteroatoms. The van der Waals surface area contributed by atoms with Gasteiger partial charge in [-0.2, -0.15) is 5.10 Å². The summed E-state index contributed by atoms with van der Waals surface area (Å²) in [6, 6.07) is 2.01. The van der Waals surface area contributed by atoms with Gasteiger partial charge in [-0.25, -0.2) is 4.99 Å². The summed E-state index contributed by atoms with van der Waals surface area (Å²) in [5, 5.41) is 7.90. The molecule has 0 aromatic carbocycles. The fourth-order valence-corrected chi connectivity index (χ4v) is 1.99. The number of thiophene rings is 1. The van der Waals surface area contributed by atoms with E-state index in [4.69, 9.17) is 0 Å². The molecule has 0 fully saturated rings. The highest BCUT2D eigenvalue weighted by Crippen LogP contribution is 2.26. The molecule has 1 aliphatic heterocycles. The van der Waals surface area contributed by atoms with Gasteiger partial charge in [-0.15, -0.1) is 11.3 Å². The Morgan fingerprint density at radius 1 is 1.58 bits per heavy atom. The quantitative estimate of drug-likeness (QED) is 0.691. The lowest BCUT2D eigenvalue weighted by molar-refractivity contribution is 1.06. The maximum absolute atomic E-state index is 4.38. The van der Waals surface area contributed by atoms with Crippen molar-refractivity contribution in [3.8, 4) is 0 Å². The number of rotatable bonds is 0. The number of amidine groups is 1. The van der Waals surface area contributed by atoms with E-state index < -0.39 is 0 Å². The van der Waals surface area contributed by atoms with Gasteiger partial charge >= 0.3 is 0 Å². The third-order valence-electron chi connectivity index (χ3n) is 1.43. The Morgan fingerprint density at radius 3 is 3.33 bits per heavy atom. The summed E-state index contributed by atoms with van der Waals surface area (Å²) in [5.41, 5.74) is 3.93. The molecule has 0 atom stereocenters. The van der Waals surface area contributed by atoms with E-state index in [9.17, 15) is 0 Å². The molecule has 3 nitrogen and oxygen atoms in total. The van der Waals surface area contributed by atoms with E-state index >= 15 is 0 Å². The average Bonchev–Trinajstić information content (AvgIpc) is 2.43. The van der Waals surface area contributed by atoms with Crippen molar-refractivity contribution in [2.24, 2.45) is 10.1 Å². The molecule has 62 valence electrons. The lowest BCUT2D eigenvalue weighted by Crippen LogP contribution is -2.11. The molecule has 0 saturated carbocycles. The molecule has 2 rings (SSSR count). The van der Waals surface area contributed by atoms with Gasteiger partial charge in [-0.05, 0) is 17.7 Å². The van der Waals surface area contributed by atoms with E-state index in [-0.39, 0.29) is 0 Å². The first-order chi connectivity index (χ1) is 5.90. The largest absolute Gasteiger partial charge is 0.256 e. The lowest BCUT2D eigenvalue weighted by atomic mass is 10.3. The maximum Gasteiger partial charge on any atom is 0.182 e. The molecule has 0 spiro atoms. The number of nitrogens with one attached hydrogen (secondary N) is 1. The van der Waals surface area contributed by atoms with Crippen LogP contribution in [-0.2, 0) is 0 Å². The third-order valence-corrected chi connectivity index (χ3v) is 2.83. The first-order valence-electron chi connectivity index (χ1n) is 3.39. The molecule has 1 aromatic rings. The van der Waals surface area contributed by atoms with Crippen LogP contribution in [0.25, 0.3) is 0 Å². The summed E-state index contributed by atoms with van der Waals surface area (Å²) in [4.78, 5) is 4.38. The molecule has 12 heavy (non-hydrogen) atoms. The standard InChI is InChI=1S/C7H7N3S2/c1-11-7-9-6-5(2-3-12-6)4-8-10-7/h2-4H,1H3,(H,9,10). The molecule has 1 aromatic heterocycles. The highest BCUT2D eigenvalue weighted by molar-refractivity contribution is 8.13. The second-order valence-corrected chi connectivity index (χ2v) is 3.86. The second-order valence-electron chi connectivity index (χ2n) is 2.17. The topological polar surface area (TPSA) is 36.8 Å². The number of hydrazone groups is 1. The summed E-state index contributed by atoms with van der Waals surface area (Å²) in [6.07, 6.45) is 3.76. The molecule has 1 aliphatic rings. The van der Waals surface area contributed by atoms with Crippen LogP contribution in [0.1, 0.15) is 5.56 Å². The minimum Gasteiger partial charge on any atom is -0.256 e. The molecule has 2 heterocycles. The van der Waals surface area contributed by atoms with Gasteiger partial charge in [0.2, 0.25) is 0 Å². The van der Waals surface area contributed by atoms with Crippen molar-refractivity contribution in [1.82, 2.24) is 5.43 Å². The first kappa shape index (κ1) is 7.82. The summed E-state index contributed by atoms with van der Waals surface area (Å²) >= 11 is 3.18. The molecular weight excluding hydrogens is 190 g/mol. The third kappa shape index (κ3) is 1.37. The van der Waals surface area contributed by atoms with Gasteiger partial charge < -0.3 is 0 Å². The van der Waals surface area contributed by atoms with Crippen molar-refractivity contribution in [3.63, 3.8) is 0 Å². The minimum absolute atomic E-state index is 0.840. The zero-order chi connectivity index (χ0) is 8.39. The Labute approximate surface area is 78.6 Å². The zero-order valence-electron chi connectivity index (χ0n) is 6.44. The molecule has 1 N–H and O–H groups in total. The van der Waals surface area contributed by atoms with Crippen LogP contribution in [0, 0.1) is 0 Å². The monoisotopic (exact) mass is 197 g/mol. The van der Waals surface area contributed by atoms with Gasteiger partial charge in [-0.3, -0.25) is 5.43 Å². The number of nitrogens with zero attached hydrogens (tertiary/aromatic N) is 2. The smallest absolute Gasteiger partial charge is 0.182 e. The first-order valence-corrected chi connectivity index (χ1v) is 5.50. The van der Waals surface area contributed by atoms with E-state index in [2.05, 4.69) is 15.5 Å². The van der Waals surface area contributed by atoms with E-state index in [0.717, 1.165) is 15.7 Å². The number of aliphatic imine (C=N–C) groups is 1. The van der Waals surface area contributed by atoms with E-state index in [0.29, 0.717) is 0 Å². The average molecular weight is 197 g/mol. The van der Waals surface area contributed by atoms with E-state index in [1.54, 1.807) is 29.3 Å². The Morgan fingerprint density at radius 2 is 2.50 bits per heavy atom. The van der Waals surface area contributed by atoms with Gasteiger partial charge in [0, 0.05) is 5.56 Å². The normalized spacial score (nSPS) is 14.6. The summed E-state index contributed by atoms with van der Waals surface area (Å²) < 4.78 is 0. The van der Waals surface area contributed by atoms with E-state index in [1.807, 2.05) is 17.7 Å². The Hall–Kier alpha value is -0.810. The van der Waals surface area contributed by atoms with Crippen molar-refractivity contribution in [2.45, 2.75) is 0 Å². The summed E-state index contributed by atoms with van der Waals surface area (Å²) in [7, 11) is 0. The van der Waals surface area contributed by atoms with Crippen LogP contribution in [-0.4, -0.2) is 17.6 Å². The van der Waals surface area contributed by atoms with Gasteiger partial charge in [0.15, 0.2) is 5.17 Å². The van der Waals surface area contributed by atoms with Crippen molar-refractivity contribution in [3.05, 3.63) is 17.0 Å². The van der Waals surface area contributed by atoms with Gasteiger partial charge in [-0.1, -0.05) is 11.8 Å².